The molecule has 1 aromatic heterocycles. The number of carbonyl (C=O) groups excluding carboxylic acids is 1. The monoisotopic (exact) mass is 157 g/mol. The van der Waals surface area contributed by atoms with Crippen LogP contribution in [0, 0.1) is 5.82 Å². The molecule has 0 unspecified atom stereocenters. The van der Waals surface area contributed by atoms with Crippen molar-refractivity contribution in [3.05, 3.63) is 23.8 Å². The molecule has 60 valence electrons. The van der Waals surface area contributed by atoms with Crippen LogP contribution in [0.2, 0.25) is 0 Å². The first-order chi connectivity index (χ1) is 5.16. The van der Waals surface area contributed by atoms with E-state index < -0.39 is 11.8 Å². The number of hydrogen-bond acceptors (Lipinski definition) is 2. The Kier molecular flexibility index (Phi) is 1.94. The zero-order valence-electron chi connectivity index (χ0n) is 6.30. The van der Waals surface area contributed by atoms with Crippen LogP contribution >= 0.6 is 0 Å². The lowest BCUT2D eigenvalue weighted by Gasteiger charge is -1.99. The molecule has 0 fully saturated rings. The van der Waals surface area contributed by atoms with Gasteiger partial charge in [-0.15, -0.1) is 0 Å². The Hall–Kier alpha value is -1.32. The first-order valence-corrected chi connectivity index (χ1v) is 3.06. The highest BCUT2D eigenvalue weighted by molar-refractivity contribution is 5.87. The number of carbonyl (C=O) groups is 1. The molecule has 0 atom stereocenters. The summed E-state index contributed by atoms with van der Waals surface area (Å²) in [5.74, 6) is -1.21. The molecule has 1 aromatic rings. The Balaban J connectivity index is 3.10. The van der Waals surface area contributed by atoms with Crippen molar-refractivity contribution in [2.75, 3.05) is 7.11 Å². The Morgan fingerprint density at radius 3 is 2.73 bits per heavy atom. The van der Waals surface area contributed by atoms with E-state index in [4.69, 9.17) is 0 Å². The number of methoxy groups -OCH3 is 1. The van der Waals surface area contributed by atoms with Crippen molar-refractivity contribution in [2.45, 2.75) is 0 Å². The Morgan fingerprint density at radius 2 is 2.36 bits per heavy atom. The third kappa shape index (κ3) is 1.24. The first kappa shape index (κ1) is 7.78. The molecule has 3 nitrogen and oxygen atoms in total. The topological polar surface area (TPSA) is 31.2 Å². The van der Waals surface area contributed by atoms with Crippen LogP contribution in [-0.4, -0.2) is 17.6 Å². The SMILES string of the molecule is COC(=O)c1c(F)ccn1C. The summed E-state index contributed by atoms with van der Waals surface area (Å²) in [6.07, 6.45) is 1.46. The number of rotatable bonds is 1. The van der Waals surface area contributed by atoms with E-state index in [1.54, 1.807) is 7.05 Å². The lowest BCUT2D eigenvalue weighted by Crippen LogP contribution is -2.08. The summed E-state index contributed by atoms with van der Waals surface area (Å²) >= 11 is 0. The molecule has 0 aliphatic carbocycles. The molecular formula is C7H8FNO2. The summed E-state index contributed by atoms with van der Waals surface area (Å²) < 4.78 is 18.5. The molecule has 0 aliphatic heterocycles. The van der Waals surface area contributed by atoms with Crippen molar-refractivity contribution < 1.29 is 13.9 Å². The number of halogens is 1. The van der Waals surface area contributed by atoms with Gasteiger partial charge < -0.3 is 9.30 Å². The average molecular weight is 157 g/mol. The summed E-state index contributed by atoms with van der Waals surface area (Å²) in [7, 11) is 2.80. The number of aryl methyl sites for hydroxylation is 1. The van der Waals surface area contributed by atoms with E-state index >= 15 is 0 Å². The molecule has 0 saturated heterocycles. The van der Waals surface area contributed by atoms with E-state index in [2.05, 4.69) is 4.74 Å². The fourth-order valence-corrected chi connectivity index (χ4v) is 0.837. The summed E-state index contributed by atoms with van der Waals surface area (Å²) in [5.41, 5.74) is -0.0486. The highest BCUT2D eigenvalue weighted by Crippen LogP contribution is 2.07. The fraction of sp³-hybridized carbons (Fsp3) is 0.286. The van der Waals surface area contributed by atoms with Crippen LogP contribution in [0.4, 0.5) is 4.39 Å². The Morgan fingerprint density at radius 1 is 1.73 bits per heavy atom. The minimum atomic E-state index is -0.657. The third-order valence-corrected chi connectivity index (χ3v) is 1.40. The van der Waals surface area contributed by atoms with Gasteiger partial charge in [-0.2, -0.15) is 0 Å². The zero-order valence-corrected chi connectivity index (χ0v) is 6.30. The summed E-state index contributed by atoms with van der Waals surface area (Å²) in [6.45, 7) is 0. The fourth-order valence-electron chi connectivity index (χ4n) is 0.837. The molecule has 0 saturated carbocycles. The minimum absolute atomic E-state index is 0.0486. The number of esters is 1. The molecule has 0 spiro atoms. The van der Waals surface area contributed by atoms with Gasteiger partial charge in [-0.3, -0.25) is 0 Å². The molecule has 0 amide bonds. The predicted molar refractivity (Wildman–Crippen MR) is 36.7 cm³/mol. The van der Waals surface area contributed by atoms with Gasteiger partial charge in [0.1, 0.15) is 0 Å². The second-order valence-corrected chi connectivity index (χ2v) is 2.11. The van der Waals surface area contributed by atoms with Gasteiger partial charge >= 0.3 is 5.97 Å². The maximum absolute atomic E-state index is 12.7. The quantitative estimate of drug-likeness (QED) is 0.568. The largest absolute Gasteiger partial charge is 0.464 e. The molecule has 1 rings (SSSR count). The van der Waals surface area contributed by atoms with Gasteiger partial charge in [-0.25, -0.2) is 9.18 Å². The molecular weight excluding hydrogens is 149 g/mol. The number of nitrogens with zero attached hydrogens (tertiary/aromatic N) is 1. The van der Waals surface area contributed by atoms with E-state index in [-0.39, 0.29) is 5.69 Å². The average Bonchev–Trinajstić information content (AvgIpc) is 2.30. The second kappa shape index (κ2) is 2.74. The van der Waals surface area contributed by atoms with Crippen LogP contribution in [-0.2, 0) is 11.8 Å². The van der Waals surface area contributed by atoms with E-state index in [9.17, 15) is 9.18 Å². The first-order valence-electron chi connectivity index (χ1n) is 3.06. The van der Waals surface area contributed by atoms with E-state index in [1.165, 1.54) is 23.9 Å². The summed E-state index contributed by atoms with van der Waals surface area (Å²) in [6, 6.07) is 1.21. The lowest BCUT2D eigenvalue weighted by molar-refractivity contribution is 0.0584. The van der Waals surface area contributed by atoms with Crippen molar-refractivity contribution in [1.29, 1.82) is 0 Å². The molecule has 1 heterocycles. The smallest absolute Gasteiger partial charge is 0.357 e. The van der Waals surface area contributed by atoms with Gasteiger partial charge in [0, 0.05) is 13.2 Å². The van der Waals surface area contributed by atoms with Gasteiger partial charge in [-0.1, -0.05) is 0 Å². The predicted octanol–water partition coefficient (Wildman–Crippen LogP) is 0.951. The van der Waals surface area contributed by atoms with Crippen molar-refractivity contribution in [3.63, 3.8) is 0 Å². The molecule has 0 N–H and O–H groups in total. The van der Waals surface area contributed by atoms with E-state index in [0.717, 1.165) is 0 Å². The zero-order chi connectivity index (χ0) is 8.43. The highest BCUT2D eigenvalue weighted by atomic mass is 19.1. The number of aromatic nitrogens is 1. The van der Waals surface area contributed by atoms with Gasteiger partial charge in [-0.05, 0) is 6.07 Å². The van der Waals surface area contributed by atoms with E-state index in [0.29, 0.717) is 0 Å². The lowest BCUT2D eigenvalue weighted by atomic mass is 10.4. The molecule has 0 aromatic carbocycles. The Bertz CT molecular complexity index is 260. The van der Waals surface area contributed by atoms with Crippen molar-refractivity contribution >= 4 is 5.97 Å². The molecule has 11 heavy (non-hydrogen) atoms. The number of hydrogen-bond donors (Lipinski definition) is 0. The minimum Gasteiger partial charge on any atom is -0.464 e. The van der Waals surface area contributed by atoms with Crippen LogP contribution < -0.4 is 0 Å². The standard InChI is InChI=1S/C7H8FNO2/c1-9-4-3-5(8)6(9)7(10)11-2/h3-4H,1-2H3. The van der Waals surface area contributed by atoms with Gasteiger partial charge in [0.25, 0.3) is 0 Å². The molecule has 0 bridgehead atoms. The van der Waals surface area contributed by atoms with Crippen LogP contribution in [0.3, 0.4) is 0 Å². The summed E-state index contributed by atoms with van der Waals surface area (Å²) in [4.78, 5) is 10.8. The maximum Gasteiger partial charge on any atom is 0.357 e. The van der Waals surface area contributed by atoms with E-state index in [1.807, 2.05) is 0 Å². The molecule has 4 heteroatoms. The Labute approximate surface area is 63.4 Å². The second-order valence-electron chi connectivity index (χ2n) is 2.11. The van der Waals surface area contributed by atoms with Crippen LogP contribution in [0.15, 0.2) is 12.3 Å². The highest BCUT2D eigenvalue weighted by Gasteiger charge is 2.15. The van der Waals surface area contributed by atoms with Crippen LogP contribution in [0.5, 0.6) is 0 Å². The normalized spacial score (nSPS) is 9.73. The van der Waals surface area contributed by atoms with Crippen LogP contribution in [0.25, 0.3) is 0 Å². The molecule has 0 aliphatic rings. The third-order valence-electron chi connectivity index (χ3n) is 1.40. The van der Waals surface area contributed by atoms with Gasteiger partial charge in [0.2, 0.25) is 0 Å². The number of ether oxygens (including phenoxy) is 1. The summed E-state index contributed by atoms with van der Waals surface area (Å²) in [5, 5.41) is 0. The van der Waals surface area contributed by atoms with Crippen molar-refractivity contribution in [3.8, 4) is 0 Å². The van der Waals surface area contributed by atoms with Gasteiger partial charge in [0.15, 0.2) is 11.5 Å². The van der Waals surface area contributed by atoms with Crippen LogP contribution in [0.1, 0.15) is 10.5 Å². The van der Waals surface area contributed by atoms with Gasteiger partial charge in [0.05, 0.1) is 7.11 Å². The molecule has 0 radical (unpaired) electrons. The van der Waals surface area contributed by atoms with Crippen molar-refractivity contribution in [1.82, 2.24) is 4.57 Å². The maximum atomic E-state index is 12.7. The van der Waals surface area contributed by atoms with Crippen molar-refractivity contribution in [2.24, 2.45) is 7.05 Å².